The fourth-order valence-electron chi connectivity index (χ4n) is 1.23. The first-order valence-corrected chi connectivity index (χ1v) is 4.65. The molecule has 16 heavy (non-hydrogen) atoms. The van der Waals surface area contributed by atoms with Crippen molar-refractivity contribution in [3.8, 4) is 0 Å². The highest BCUT2D eigenvalue weighted by atomic mass is 16.7. The van der Waals surface area contributed by atoms with Crippen molar-refractivity contribution in [2.75, 3.05) is 14.1 Å². The molecule has 0 aliphatic heterocycles. The molecule has 0 bridgehead atoms. The predicted molar refractivity (Wildman–Crippen MR) is 57.2 cm³/mol. The Labute approximate surface area is 93.2 Å². The smallest absolute Gasteiger partial charge is 0.357 e. The lowest BCUT2D eigenvalue weighted by atomic mass is 10.0. The normalized spacial score (nSPS) is 10.2. The van der Waals surface area contributed by atoms with Crippen molar-refractivity contribution < 1.29 is 19.5 Å². The van der Waals surface area contributed by atoms with Crippen LogP contribution in [0.25, 0.3) is 0 Å². The first kappa shape index (κ1) is 12.2. The maximum atomic E-state index is 11.6. The molecule has 86 valence electrons. The number of carboxylic acids is 1. The topological polar surface area (TPSA) is 66.8 Å². The van der Waals surface area contributed by atoms with Crippen molar-refractivity contribution in [1.82, 2.24) is 5.06 Å². The van der Waals surface area contributed by atoms with E-state index >= 15 is 0 Å². The highest BCUT2D eigenvalue weighted by Crippen LogP contribution is 2.13. The van der Waals surface area contributed by atoms with Gasteiger partial charge in [-0.15, -0.1) is 5.06 Å². The molecule has 0 aliphatic carbocycles. The molecular formula is C11H13NO4. The third-order valence-corrected chi connectivity index (χ3v) is 1.89. The van der Waals surface area contributed by atoms with Crippen molar-refractivity contribution in [3.63, 3.8) is 0 Å². The number of nitrogens with zero attached hydrogens (tertiary/aromatic N) is 1. The van der Waals surface area contributed by atoms with Crippen LogP contribution in [0.15, 0.2) is 18.2 Å². The van der Waals surface area contributed by atoms with Gasteiger partial charge >= 0.3 is 11.9 Å². The van der Waals surface area contributed by atoms with E-state index in [4.69, 9.17) is 9.94 Å². The Morgan fingerprint density at radius 2 is 1.88 bits per heavy atom. The number of aromatic carboxylic acids is 1. The van der Waals surface area contributed by atoms with Crippen molar-refractivity contribution in [3.05, 3.63) is 34.9 Å². The van der Waals surface area contributed by atoms with Crippen molar-refractivity contribution in [2.45, 2.75) is 6.92 Å². The minimum absolute atomic E-state index is 0.0480. The van der Waals surface area contributed by atoms with Gasteiger partial charge in [-0.2, -0.15) is 0 Å². The van der Waals surface area contributed by atoms with Crippen LogP contribution in [0.3, 0.4) is 0 Å². The number of hydrogen-bond donors (Lipinski definition) is 1. The van der Waals surface area contributed by atoms with Gasteiger partial charge in [-0.1, -0.05) is 11.6 Å². The molecule has 0 aliphatic rings. The van der Waals surface area contributed by atoms with Crippen LogP contribution in [0.1, 0.15) is 26.3 Å². The van der Waals surface area contributed by atoms with Gasteiger partial charge < -0.3 is 9.94 Å². The van der Waals surface area contributed by atoms with Gasteiger partial charge in [-0.3, -0.25) is 0 Å². The van der Waals surface area contributed by atoms with Crippen LogP contribution in [0.4, 0.5) is 0 Å². The monoisotopic (exact) mass is 223 g/mol. The average molecular weight is 223 g/mol. The van der Waals surface area contributed by atoms with E-state index in [1.807, 2.05) is 0 Å². The number of aryl methyl sites for hydroxylation is 1. The van der Waals surface area contributed by atoms with Crippen molar-refractivity contribution in [2.24, 2.45) is 0 Å². The Bertz CT molecular complexity index is 426. The van der Waals surface area contributed by atoms with Gasteiger partial charge in [0.25, 0.3) is 0 Å². The summed E-state index contributed by atoms with van der Waals surface area (Å²) in [6, 6.07) is 4.55. The van der Waals surface area contributed by atoms with Crippen LogP contribution in [0.5, 0.6) is 0 Å². The summed E-state index contributed by atoms with van der Waals surface area (Å²) in [5, 5.41) is 10.2. The predicted octanol–water partition coefficient (Wildman–Crippen LogP) is 1.33. The quantitative estimate of drug-likeness (QED) is 0.783. The van der Waals surface area contributed by atoms with Crippen LogP contribution in [-0.2, 0) is 4.84 Å². The van der Waals surface area contributed by atoms with Crippen LogP contribution < -0.4 is 0 Å². The largest absolute Gasteiger partial charge is 0.478 e. The lowest BCUT2D eigenvalue weighted by Crippen LogP contribution is -2.20. The van der Waals surface area contributed by atoms with E-state index in [2.05, 4.69) is 0 Å². The van der Waals surface area contributed by atoms with Gasteiger partial charge in [0.1, 0.15) is 0 Å². The summed E-state index contributed by atoms with van der Waals surface area (Å²) in [7, 11) is 3.10. The van der Waals surface area contributed by atoms with Crippen LogP contribution in [-0.4, -0.2) is 36.2 Å². The molecule has 0 unspecified atom stereocenters. The molecule has 1 N–H and O–H groups in total. The molecule has 0 saturated heterocycles. The van der Waals surface area contributed by atoms with Gasteiger partial charge in [-0.25, -0.2) is 9.59 Å². The summed E-state index contributed by atoms with van der Waals surface area (Å²) in [5.74, 6) is -1.82. The van der Waals surface area contributed by atoms with E-state index in [9.17, 15) is 9.59 Å². The number of carboxylic acid groups (broad SMARTS) is 1. The van der Waals surface area contributed by atoms with E-state index in [0.29, 0.717) is 0 Å². The van der Waals surface area contributed by atoms with E-state index in [0.717, 1.165) is 5.56 Å². The Hall–Kier alpha value is -1.88. The maximum absolute atomic E-state index is 11.6. The van der Waals surface area contributed by atoms with Crippen molar-refractivity contribution in [1.29, 1.82) is 0 Å². The molecule has 1 aromatic carbocycles. The molecule has 0 fully saturated rings. The van der Waals surface area contributed by atoms with Crippen molar-refractivity contribution >= 4 is 11.9 Å². The molecular weight excluding hydrogens is 210 g/mol. The number of carbonyl (C=O) groups excluding carboxylic acids is 1. The summed E-state index contributed by atoms with van der Waals surface area (Å²) >= 11 is 0. The molecule has 1 rings (SSSR count). The molecule has 0 atom stereocenters. The second-order valence-electron chi connectivity index (χ2n) is 3.55. The van der Waals surface area contributed by atoms with Gasteiger partial charge in [0.2, 0.25) is 0 Å². The fourth-order valence-corrected chi connectivity index (χ4v) is 1.23. The molecule has 5 nitrogen and oxygen atoms in total. The Morgan fingerprint density at radius 3 is 2.38 bits per heavy atom. The second kappa shape index (κ2) is 4.76. The van der Waals surface area contributed by atoms with Gasteiger partial charge in [-0.05, 0) is 19.1 Å². The molecule has 0 aromatic heterocycles. The van der Waals surface area contributed by atoms with E-state index < -0.39 is 11.9 Å². The second-order valence-corrected chi connectivity index (χ2v) is 3.55. The summed E-state index contributed by atoms with van der Waals surface area (Å²) in [4.78, 5) is 27.3. The Balaban J connectivity index is 3.12. The lowest BCUT2D eigenvalue weighted by Gasteiger charge is -2.11. The highest BCUT2D eigenvalue weighted by Gasteiger charge is 2.18. The van der Waals surface area contributed by atoms with E-state index in [1.54, 1.807) is 27.1 Å². The zero-order valence-corrected chi connectivity index (χ0v) is 9.35. The summed E-state index contributed by atoms with van der Waals surface area (Å²) in [6.45, 7) is 1.76. The standard InChI is InChI=1S/C11H13NO4/c1-7-4-5-8(9(6-7)10(13)14)11(15)16-12(2)3/h4-6H,1-3H3,(H,13,14). The van der Waals surface area contributed by atoms with Gasteiger partial charge in [0.15, 0.2) is 0 Å². The summed E-state index contributed by atoms with van der Waals surface area (Å²) in [5.41, 5.74) is 0.775. The van der Waals surface area contributed by atoms with Crippen LogP contribution in [0.2, 0.25) is 0 Å². The number of hydroxylamine groups is 2. The number of benzene rings is 1. The SMILES string of the molecule is Cc1ccc(C(=O)ON(C)C)c(C(=O)O)c1. The Morgan fingerprint density at radius 1 is 1.25 bits per heavy atom. The molecule has 5 heteroatoms. The minimum Gasteiger partial charge on any atom is -0.478 e. The third kappa shape index (κ3) is 2.80. The first-order chi connectivity index (χ1) is 7.41. The summed E-state index contributed by atoms with van der Waals surface area (Å²) in [6.07, 6.45) is 0. The zero-order valence-electron chi connectivity index (χ0n) is 9.35. The van der Waals surface area contributed by atoms with Gasteiger partial charge in [0.05, 0.1) is 11.1 Å². The molecule has 1 aromatic rings. The molecule has 0 spiro atoms. The molecule has 0 saturated carbocycles. The highest BCUT2D eigenvalue weighted by molar-refractivity contribution is 6.02. The molecule has 0 radical (unpaired) electrons. The lowest BCUT2D eigenvalue weighted by molar-refractivity contribution is -0.0714. The minimum atomic E-state index is -1.14. The van der Waals surface area contributed by atoms with Crippen LogP contribution >= 0.6 is 0 Å². The number of hydrogen-bond acceptors (Lipinski definition) is 4. The maximum Gasteiger partial charge on any atom is 0.357 e. The number of rotatable bonds is 3. The van der Waals surface area contributed by atoms with E-state index in [1.165, 1.54) is 17.2 Å². The zero-order chi connectivity index (χ0) is 12.3. The Kier molecular flexibility index (Phi) is 3.63. The molecule has 0 amide bonds. The molecule has 0 heterocycles. The van der Waals surface area contributed by atoms with Gasteiger partial charge in [0, 0.05) is 14.1 Å². The van der Waals surface area contributed by atoms with Crippen LogP contribution in [0, 0.1) is 6.92 Å². The van der Waals surface area contributed by atoms with E-state index in [-0.39, 0.29) is 11.1 Å². The summed E-state index contributed by atoms with van der Waals surface area (Å²) < 4.78 is 0. The third-order valence-electron chi connectivity index (χ3n) is 1.89. The fraction of sp³-hybridized carbons (Fsp3) is 0.273. The number of carbonyl (C=O) groups is 2. The average Bonchev–Trinajstić information content (AvgIpc) is 2.16. The first-order valence-electron chi connectivity index (χ1n) is 4.65.